The zero-order chi connectivity index (χ0) is 14.0. The molecule has 1 N–H and O–H groups in total. The van der Waals surface area contributed by atoms with Crippen LogP contribution in [-0.2, 0) is 0 Å². The fourth-order valence-corrected chi connectivity index (χ4v) is 1.97. The number of aryl methyl sites for hydroxylation is 3. The predicted octanol–water partition coefficient (Wildman–Crippen LogP) is 4.00. The van der Waals surface area contributed by atoms with Crippen molar-refractivity contribution in [3.63, 3.8) is 0 Å². The van der Waals surface area contributed by atoms with Gasteiger partial charge < -0.3 is 5.32 Å². The summed E-state index contributed by atoms with van der Waals surface area (Å²) in [5, 5.41) is 2.74. The van der Waals surface area contributed by atoms with E-state index in [-0.39, 0.29) is 5.56 Å². The van der Waals surface area contributed by atoms with Crippen LogP contribution in [0.3, 0.4) is 0 Å². The van der Waals surface area contributed by atoms with E-state index >= 15 is 0 Å². The molecule has 0 fully saturated rings. The zero-order valence-electron chi connectivity index (χ0n) is 11.3. The summed E-state index contributed by atoms with van der Waals surface area (Å²) in [5.41, 5.74) is 3.32. The van der Waals surface area contributed by atoms with Crippen LogP contribution >= 0.6 is 0 Å². The molecule has 2 nitrogen and oxygen atoms in total. The van der Waals surface area contributed by atoms with Gasteiger partial charge in [-0.05, 0) is 44.0 Å². The Morgan fingerprint density at radius 2 is 1.79 bits per heavy atom. The van der Waals surface area contributed by atoms with E-state index in [4.69, 9.17) is 0 Å². The Morgan fingerprint density at radius 1 is 1.05 bits per heavy atom. The number of amides is 1. The van der Waals surface area contributed by atoms with E-state index in [1.54, 1.807) is 19.1 Å². The van der Waals surface area contributed by atoms with Gasteiger partial charge in [0.15, 0.2) is 0 Å². The number of nitrogens with one attached hydrogen (secondary N) is 1. The van der Waals surface area contributed by atoms with Gasteiger partial charge in [-0.1, -0.05) is 29.8 Å². The fourth-order valence-electron chi connectivity index (χ4n) is 1.97. The molecule has 2 rings (SSSR count). The lowest BCUT2D eigenvalue weighted by molar-refractivity contribution is 0.102. The molecule has 2 aromatic carbocycles. The average molecular weight is 257 g/mol. The molecule has 2 aromatic rings. The van der Waals surface area contributed by atoms with Crippen LogP contribution in [0.4, 0.5) is 10.1 Å². The normalized spacial score (nSPS) is 10.3. The van der Waals surface area contributed by atoms with Crippen molar-refractivity contribution in [1.29, 1.82) is 0 Å². The highest BCUT2D eigenvalue weighted by Crippen LogP contribution is 2.18. The molecule has 0 atom stereocenters. The SMILES string of the molecule is Cc1ccc(NC(=O)c2cccc(C)c2F)c(C)c1. The van der Waals surface area contributed by atoms with Crippen LogP contribution in [0.5, 0.6) is 0 Å². The van der Waals surface area contributed by atoms with Crippen molar-refractivity contribution in [2.45, 2.75) is 20.8 Å². The summed E-state index contributed by atoms with van der Waals surface area (Å²) in [6, 6.07) is 10.5. The van der Waals surface area contributed by atoms with Crippen LogP contribution in [0.25, 0.3) is 0 Å². The third-order valence-electron chi connectivity index (χ3n) is 3.07. The number of carbonyl (C=O) groups is 1. The fraction of sp³-hybridized carbons (Fsp3) is 0.188. The third-order valence-corrected chi connectivity index (χ3v) is 3.07. The highest BCUT2D eigenvalue weighted by Gasteiger charge is 2.13. The maximum atomic E-state index is 13.9. The molecule has 0 aromatic heterocycles. The number of hydrogen-bond donors (Lipinski definition) is 1. The van der Waals surface area contributed by atoms with E-state index in [9.17, 15) is 9.18 Å². The van der Waals surface area contributed by atoms with Crippen molar-refractivity contribution in [1.82, 2.24) is 0 Å². The third kappa shape index (κ3) is 2.81. The van der Waals surface area contributed by atoms with Crippen LogP contribution in [0.2, 0.25) is 0 Å². The topological polar surface area (TPSA) is 29.1 Å². The molecule has 0 radical (unpaired) electrons. The lowest BCUT2D eigenvalue weighted by Gasteiger charge is -2.10. The number of hydrogen-bond acceptors (Lipinski definition) is 1. The summed E-state index contributed by atoms with van der Waals surface area (Å²) in [6.07, 6.45) is 0. The predicted molar refractivity (Wildman–Crippen MR) is 75.0 cm³/mol. The maximum absolute atomic E-state index is 13.9. The molecule has 0 aliphatic carbocycles. The molecule has 3 heteroatoms. The number of halogens is 1. The van der Waals surface area contributed by atoms with E-state index in [1.807, 2.05) is 32.0 Å². The van der Waals surface area contributed by atoms with Crippen molar-refractivity contribution in [2.75, 3.05) is 5.32 Å². The van der Waals surface area contributed by atoms with Crippen LogP contribution in [0.1, 0.15) is 27.0 Å². The first kappa shape index (κ1) is 13.3. The van der Waals surface area contributed by atoms with E-state index in [0.717, 1.165) is 11.1 Å². The number of carbonyl (C=O) groups excluding carboxylic acids is 1. The minimum atomic E-state index is -0.468. The lowest BCUT2D eigenvalue weighted by atomic mass is 10.1. The Balaban J connectivity index is 2.28. The second-order valence-electron chi connectivity index (χ2n) is 4.71. The second kappa shape index (κ2) is 5.22. The molecule has 0 aliphatic heterocycles. The summed E-state index contributed by atoms with van der Waals surface area (Å²) >= 11 is 0. The standard InChI is InChI=1S/C16H16FNO/c1-10-7-8-14(12(3)9-10)18-16(19)13-6-4-5-11(2)15(13)17/h4-9H,1-3H3,(H,18,19). The molecule has 0 spiro atoms. The minimum absolute atomic E-state index is 0.0694. The number of rotatable bonds is 2. The molecule has 98 valence electrons. The van der Waals surface area contributed by atoms with Gasteiger partial charge in [0.25, 0.3) is 5.91 Å². The quantitative estimate of drug-likeness (QED) is 0.865. The Kier molecular flexibility index (Phi) is 3.65. The van der Waals surface area contributed by atoms with Gasteiger partial charge in [-0.15, -0.1) is 0 Å². The van der Waals surface area contributed by atoms with Crippen LogP contribution < -0.4 is 5.32 Å². The van der Waals surface area contributed by atoms with E-state index < -0.39 is 11.7 Å². The van der Waals surface area contributed by atoms with Crippen LogP contribution in [0.15, 0.2) is 36.4 Å². The largest absolute Gasteiger partial charge is 0.322 e. The Labute approximate surface area is 112 Å². The van der Waals surface area contributed by atoms with Crippen molar-refractivity contribution >= 4 is 11.6 Å². The first-order valence-electron chi connectivity index (χ1n) is 6.13. The molecule has 0 saturated heterocycles. The molecule has 0 bridgehead atoms. The molecule has 0 unspecified atom stereocenters. The Bertz CT molecular complexity index is 635. The highest BCUT2D eigenvalue weighted by atomic mass is 19.1. The van der Waals surface area contributed by atoms with Gasteiger partial charge in [-0.3, -0.25) is 4.79 Å². The summed E-state index contributed by atoms with van der Waals surface area (Å²) in [7, 11) is 0. The van der Waals surface area contributed by atoms with Crippen molar-refractivity contribution in [2.24, 2.45) is 0 Å². The van der Waals surface area contributed by atoms with Gasteiger partial charge in [-0.25, -0.2) is 4.39 Å². The van der Waals surface area contributed by atoms with E-state index in [1.165, 1.54) is 6.07 Å². The molecule has 0 aliphatic rings. The van der Waals surface area contributed by atoms with Gasteiger partial charge in [0.1, 0.15) is 5.82 Å². The van der Waals surface area contributed by atoms with Crippen LogP contribution in [-0.4, -0.2) is 5.91 Å². The minimum Gasteiger partial charge on any atom is -0.322 e. The second-order valence-corrected chi connectivity index (χ2v) is 4.71. The summed E-state index contributed by atoms with van der Waals surface area (Å²) in [6.45, 7) is 5.54. The molecule has 0 heterocycles. The van der Waals surface area contributed by atoms with E-state index in [0.29, 0.717) is 11.3 Å². The summed E-state index contributed by atoms with van der Waals surface area (Å²) < 4.78 is 13.9. The summed E-state index contributed by atoms with van der Waals surface area (Å²) in [5.74, 6) is -0.891. The smallest absolute Gasteiger partial charge is 0.258 e. The molecular formula is C16H16FNO. The monoisotopic (exact) mass is 257 g/mol. The van der Waals surface area contributed by atoms with Crippen molar-refractivity contribution < 1.29 is 9.18 Å². The van der Waals surface area contributed by atoms with Gasteiger partial charge in [0.05, 0.1) is 5.56 Å². The molecular weight excluding hydrogens is 241 g/mol. The number of benzene rings is 2. The molecule has 0 saturated carbocycles. The van der Waals surface area contributed by atoms with Gasteiger partial charge in [0.2, 0.25) is 0 Å². The number of anilines is 1. The highest BCUT2D eigenvalue weighted by molar-refractivity contribution is 6.04. The Hall–Kier alpha value is -2.16. The van der Waals surface area contributed by atoms with Crippen molar-refractivity contribution in [3.8, 4) is 0 Å². The van der Waals surface area contributed by atoms with Crippen LogP contribution in [0, 0.1) is 26.6 Å². The van der Waals surface area contributed by atoms with Crippen molar-refractivity contribution in [3.05, 3.63) is 64.5 Å². The summed E-state index contributed by atoms with van der Waals surface area (Å²) in [4.78, 5) is 12.1. The molecule has 19 heavy (non-hydrogen) atoms. The lowest BCUT2D eigenvalue weighted by Crippen LogP contribution is -2.15. The zero-order valence-corrected chi connectivity index (χ0v) is 11.3. The van der Waals surface area contributed by atoms with E-state index in [2.05, 4.69) is 5.32 Å². The maximum Gasteiger partial charge on any atom is 0.258 e. The molecule has 1 amide bonds. The Morgan fingerprint density at radius 3 is 2.47 bits per heavy atom. The van der Waals surface area contributed by atoms with Gasteiger partial charge in [0, 0.05) is 5.69 Å². The average Bonchev–Trinajstić information content (AvgIpc) is 2.36. The first-order valence-corrected chi connectivity index (χ1v) is 6.13. The van der Waals surface area contributed by atoms with Gasteiger partial charge >= 0.3 is 0 Å². The first-order chi connectivity index (χ1) is 8.99. The van der Waals surface area contributed by atoms with Gasteiger partial charge in [-0.2, -0.15) is 0 Å².